The number of nitrogens with zero attached hydrogens (tertiary/aromatic N) is 1. The summed E-state index contributed by atoms with van der Waals surface area (Å²) in [6, 6.07) is 8.86. The highest BCUT2D eigenvalue weighted by Crippen LogP contribution is 2.35. The lowest BCUT2D eigenvalue weighted by molar-refractivity contribution is -0.385. The van der Waals surface area contributed by atoms with Crippen molar-refractivity contribution in [1.29, 1.82) is 0 Å². The first-order valence-electron chi connectivity index (χ1n) is 8.93. The summed E-state index contributed by atoms with van der Waals surface area (Å²) in [5, 5.41) is 13.0. The molecule has 0 heterocycles. The largest absolute Gasteiger partial charge is 0.380 e. The topological polar surface area (TPSA) is 190 Å². The quantitative estimate of drug-likeness (QED) is 0.249. The summed E-state index contributed by atoms with van der Waals surface area (Å²) in [6.07, 6.45) is 0. The maximum Gasteiger partial charge on any atom is 0.295 e. The molecule has 14 heteroatoms. The smallest absolute Gasteiger partial charge is 0.295 e. The summed E-state index contributed by atoms with van der Waals surface area (Å²) >= 11 is 0. The Balaban J connectivity index is 2.18. The van der Waals surface area contributed by atoms with Gasteiger partial charge in [-0.2, -0.15) is 16.8 Å². The summed E-state index contributed by atoms with van der Waals surface area (Å²) in [5.41, 5.74) is -0.539. The van der Waals surface area contributed by atoms with E-state index in [2.05, 4.69) is 5.32 Å². The highest BCUT2D eigenvalue weighted by molar-refractivity contribution is 7.86. The van der Waals surface area contributed by atoms with Gasteiger partial charge in [0.1, 0.15) is 9.79 Å². The molecule has 0 aliphatic heterocycles. The first-order valence-corrected chi connectivity index (χ1v) is 11.8. The van der Waals surface area contributed by atoms with Crippen LogP contribution in [0.4, 0.5) is 11.4 Å². The fourth-order valence-electron chi connectivity index (χ4n) is 3.24. The normalized spacial score (nSPS) is 12.0. The van der Waals surface area contributed by atoms with Crippen molar-refractivity contribution in [1.82, 2.24) is 0 Å². The molecule has 0 atom stereocenters. The number of hydrogen-bond acceptors (Lipinski definition) is 8. The Kier molecular flexibility index (Phi) is 6.49. The van der Waals surface area contributed by atoms with Gasteiger partial charge in [0.15, 0.2) is 0 Å². The standard InChI is InChI=1S/C19H16N2O10S2/c1-31-10-12-6-5-11(9-15(12)21(23)24)19(22)20-14-7-8-16(32(25,26)27)13-3-2-4-17(18(13)14)33(28,29)30/h2-9H,10H2,1H3,(H,20,22)(H,25,26,27)(H,28,29,30). The zero-order valence-electron chi connectivity index (χ0n) is 16.8. The molecule has 1 amide bonds. The van der Waals surface area contributed by atoms with E-state index in [-0.39, 0.29) is 39.9 Å². The van der Waals surface area contributed by atoms with Gasteiger partial charge in [0.2, 0.25) is 0 Å². The van der Waals surface area contributed by atoms with Crippen molar-refractivity contribution < 1.29 is 40.4 Å². The van der Waals surface area contributed by atoms with Gasteiger partial charge >= 0.3 is 0 Å². The van der Waals surface area contributed by atoms with Crippen molar-refractivity contribution in [2.45, 2.75) is 16.4 Å². The van der Waals surface area contributed by atoms with E-state index in [4.69, 9.17) is 4.74 Å². The number of nitro benzene ring substituents is 1. The molecule has 33 heavy (non-hydrogen) atoms. The van der Waals surface area contributed by atoms with E-state index < -0.39 is 40.9 Å². The molecule has 0 aromatic heterocycles. The second-order valence-electron chi connectivity index (χ2n) is 6.73. The van der Waals surface area contributed by atoms with Crippen LogP contribution in [0.3, 0.4) is 0 Å². The highest BCUT2D eigenvalue weighted by atomic mass is 32.2. The van der Waals surface area contributed by atoms with Crippen molar-refractivity contribution >= 4 is 48.3 Å². The molecule has 0 fully saturated rings. The Morgan fingerprint density at radius 3 is 2.27 bits per heavy atom. The van der Waals surface area contributed by atoms with Gasteiger partial charge in [0.05, 0.1) is 22.8 Å². The molecule has 0 aliphatic rings. The number of anilines is 1. The zero-order chi connectivity index (χ0) is 24.6. The van der Waals surface area contributed by atoms with Crippen molar-refractivity contribution in [2.24, 2.45) is 0 Å². The Labute approximate surface area is 187 Å². The second kappa shape index (κ2) is 8.84. The minimum Gasteiger partial charge on any atom is -0.380 e. The van der Waals surface area contributed by atoms with Gasteiger partial charge in [-0.3, -0.25) is 24.0 Å². The number of amides is 1. The predicted molar refractivity (Wildman–Crippen MR) is 115 cm³/mol. The number of nitrogens with one attached hydrogen (secondary N) is 1. The van der Waals surface area contributed by atoms with E-state index in [9.17, 15) is 40.8 Å². The minimum absolute atomic E-state index is 0.0718. The number of hydrogen-bond donors (Lipinski definition) is 3. The third-order valence-electron chi connectivity index (χ3n) is 4.61. The number of ether oxygens (including phenoxy) is 1. The zero-order valence-corrected chi connectivity index (χ0v) is 18.4. The lowest BCUT2D eigenvalue weighted by Gasteiger charge is -2.14. The Morgan fingerprint density at radius 2 is 1.70 bits per heavy atom. The Bertz CT molecular complexity index is 1500. The molecule has 3 aromatic carbocycles. The van der Waals surface area contributed by atoms with Crippen molar-refractivity contribution in [3.05, 3.63) is 69.8 Å². The molecule has 3 rings (SSSR count). The summed E-state index contributed by atoms with van der Waals surface area (Å²) in [5.74, 6) is -0.881. The summed E-state index contributed by atoms with van der Waals surface area (Å²) in [4.78, 5) is 22.1. The van der Waals surface area contributed by atoms with Gasteiger partial charge < -0.3 is 10.1 Å². The van der Waals surface area contributed by atoms with E-state index in [0.717, 1.165) is 30.3 Å². The Hall–Kier alpha value is -3.43. The molecule has 174 valence electrons. The fraction of sp³-hybridized carbons (Fsp3) is 0.105. The lowest BCUT2D eigenvalue weighted by Crippen LogP contribution is -2.14. The van der Waals surface area contributed by atoms with Gasteiger partial charge in [-0.15, -0.1) is 0 Å². The molecule has 0 unspecified atom stereocenters. The van der Waals surface area contributed by atoms with E-state index in [0.29, 0.717) is 0 Å². The van der Waals surface area contributed by atoms with Crippen LogP contribution in [0.5, 0.6) is 0 Å². The van der Waals surface area contributed by atoms with Gasteiger partial charge in [-0.25, -0.2) is 0 Å². The molecule has 0 spiro atoms. The second-order valence-corrected chi connectivity index (χ2v) is 9.51. The van der Waals surface area contributed by atoms with E-state index >= 15 is 0 Å². The molecule has 0 bridgehead atoms. The third kappa shape index (κ3) is 4.99. The predicted octanol–water partition coefficient (Wildman–Crippen LogP) is 2.64. The first-order chi connectivity index (χ1) is 15.3. The van der Waals surface area contributed by atoms with Crippen LogP contribution in [-0.4, -0.2) is 43.9 Å². The summed E-state index contributed by atoms with van der Waals surface area (Å²) in [7, 11) is -8.32. The molecule has 12 nitrogen and oxygen atoms in total. The third-order valence-corrected chi connectivity index (χ3v) is 6.42. The maximum absolute atomic E-state index is 12.8. The number of nitro groups is 1. The van der Waals surface area contributed by atoms with Crippen LogP contribution in [-0.2, 0) is 31.6 Å². The fourth-order valence-corrected chi connectivity index (χ4v) is 4.65. The summed E-state index contributed by atoms with van der Waals surface area (Å²) in [6.45, 7) is -0.0718. The molecule has 3 aromatic rings. The molecule has 0 saturated carbocycles. The molecule has 0 saturated heterocycles. The van der Waals surface area contributed by atoms with Crippen LogP contribution in [0.2, 0.25) is 0 Å². The van der Waals surface area contributed by atoms with Crippen LogP contribution >= 0.6 is 0 Å². The summed E-state index contributed by atoms with van der Waals surface area (Å²) < 4.78 is 71.2. The van der Waals surface area contributed by atoms with Crippen molar-refractivity contribution in [2.75, 3.05) is 12.4 Å². The number of rotatable bonds is 7. The number of methoxy groups -OCH3 is 1. The van der Waals surface area contributed by atoms with Crippen LogP contribution in [0.15, 0.2) is 58.3 Å². The number of carbonyl (C=O) groups is 1. The highest BCUT2D eigenvalue weighted by Gasteiger charge is 2.24. The first kappa shape index (κ1) is 24.2. The average molecular weight is 496 g/mol. The van der Waals surface area contributed by atoms with E-state index in [1.165, 1.54) is 25.3 Å². The number of carbonyl (C=O) groups excluding carboxylic acids is 1. The Morgan fingerprint density at radius 1 is 1.03 bits per heavy atom. The molecular formula is C19H16N2O10S2. The molecular weight excluding hydrogens is 480 g/mol. The maximum atomic E-state index is 12.8. The van der Waals surface area contributed by atoms with Gasteiger partial charge in [-0.1, -0.05) is 12.1 Å². The molecule has 0 aliphatic carbocycles. The van der Waals surface area contributed by atoms with Crippen LogP contribution in [0.1, 0.15) is 15.9 Å². The lowest BCUT2D eigenvalue weighted by atomic mass is 10.1. The molecule has 3 N–H and O–H groups in total. The van der Waals surface area contributed by atoms with E-state index in [1.807, 2.05) is 0 Å². The molecule has 0 radical (unpaired) electrons. The van der Waals surface area contributed by atoms with Crippen molar-refractivity contribution in [3.63, 3.8) is 0 Å². The SMILES string of the molecule is COCc1ccc(C(=O)Nc2ccc(S(=O)(=O)O)c3cccc(S(=O)(=O)O)c23)cc1[N+](=O)[O-]. The monoisotopic (exact) mass is 496 g/mol. The minimum atomic E-state index is -4.88. The number of fused-ring (bicyclic) bond motifs is 1. The van der Waals surface area contributed by atoms with Gasteiger partial charge in [0.25, 0.3) is 31.8 Å². The van der Waals surface area contributed by atoms with Crippen LogP contribution in [0, 0.1) is 10.1 Å². The van der Waals surface area contributed by atoms with E-state index in [1.54, 1.807) is 0 Å². The van der Waals surface area contributed by atoms with Crippen LogP contribution < -0.4 is 5.32 Å². The van der Waals surface area contributed by atoms with Crippen LogP contribution in [0.25, 0.3) is 10.8 Å². The average Bonchev–Trinajstić information content (AvgIpc) is 2.72. The van der Waals surface area contributed by atoms with Gasteiger partial charge in [-0.05, 0) is 30.3 Å². The van der Waals surface area contributed by atoms with Crippen molar-refractivity contribution in [3.8, 4) is 0 Å². The number of benzene rings is 3. The van der Waals surface area contributed by atoms with Gasteiger partial charge in [0, 0.05) is 29.5 Å².